The summed E-state index contributed by atoms with van der Waals surface area (Å²) in [6.07, 6.45) is 2.65. The number of nitrogens with zero attached hydrogens (tertiary/aromatic N) is 1. The smallest absolute Gasteiger partial charge is 0.281 e. The van der Waals surface area contributed by atoms with Crippen LogP contribution in [0.3, 0.4) is 0 Å². The summed E-state index contributed by atoms with van der Waals surface area (Å²) in [7, 11) is 1.56. The topological polar surface area (TPSA) is 50.8 Å². The molecule has 27 heavy (non-hydrogen) atoms. The number of hydrogen-bond acceptors (Lipinski definition) is 4. The third-order valence-electron chi connectivity index (χ3n) is 3.94. The molecule has 140 valence electrons. The number of carbonyl (C=O) groups is 1. The summed E-state index contributed by atoms with van der Waals surface area (Å²) in [6.45, 7) is 2.65. The van der Waals surface area contributed by atoms with Crippen LogP contribution in [0.25, 0.3) is 6.08 Å². The minimum atomic E-state index is -0.245. The number of para-hydroxylation sites is 2. The van der Waals surface area contributed by atoms with Crippen LogP contribution < -0.4 is 19.7 Å². The first-order valence-electron chi connectivity index (χ1n) is 8.47. The van der Waals surface area contributed by atoms with Gasteiger partial charge in [-0.25, -0.2) is 4.90 Å². The minimum absolute atomic E-state index is 0.245. The summed E-state index contributed by atoms with van der Waals surface area (Å²) in [5, 5.41) is 3.30. The summed E-state index contributed by atoms with van der Waals surface area (Å²) in [5.74, 6) is 1.04. The van der Waals surface area contributed by atoms with E-state index in [9.17, 15) is 4.79 Å². The number of rotatable bonds is 6. The van der Waals surface area contributed by atoms with Gasteiger partial charge in [-0.1, -0.05) is 35.0 Å². The summed E-state index contributed by atoms with van der Waals surface area (Å²) >= 11 is 8.85. The van der Waals surface area contributed by atoms with Gasteiger partial charge >= 0.3 is 0 Å². The maximum atomic E-state index is 13.0. The van der Waals surface area contributed by atoms with Gasteiger partial charge in [0, 0.05) is 10.0 Å². The summed E-state index contributed by atoms with van der Waals surface area (Å²) in [4.78, 5) is 14.4. The molecule has 1 N–H and O–H groups in total. The monoisotopic (exact) mass is 446 g/mol. The van der Waals surface area contributed by atoms with E-state index in [0.29, 0.717) is 34.6 Å². The zero-order valence-corrected chi connectivity index (χ0v) is 17.4. The Morgan fingerprint density at radius 3 is 2.74 bits per heavy atom. The van der Waals surface area contributed by atoms with Crippen molar-refractivity contribution in [1.29, 1.82) is 0 Å². The van der Waals surface area contributed by atoms with E-state index in [1.165, 1.54) is 4.90 Å². The molecule has 2 aromatic carbocycles. The number of benzene rings is 2. The van der Waals surface area contributed by atoms with Crippen LogP contribution >= 0.6 is 28.1 Å². The van der Waals surface area contributed by atoms with Crippen LogP contribution in [0, 0.1) is 0 Å². The lowest BCUT2D eigenvalue weighted by Gasteiger charge is -2.17. The Bertz CT molecular complexity index is 914. The second kappa shape index (κ2) is 8.54. The van der Waals surface area contributed by atoms with Gasteiger partial charge in [0.1, 0.15) is 17.2 Å². The van der Waals surface area contributed by atoms with Crippen molar-refractivity contribution >= 4 is 50.9 Å². The maximum Gasteiger partial charge on any atom is 0.281 e. The third kappa shape index (κ3) is 4.14. The number of hydrogen-bond donors (Lipinski definition) is 1. The number of anilines is 1. The number of amides is 1. The van der Waals surface area contributed by atoms with Crippen LogP contribution in [-0.4, -0.2) is 24.7 Å². The van der Waals surface area contributed by atoms with Crippen LogP contribution in [0.1, 0.15) is 18.9 Å². The lowest BCUT2D eigenvalue weighted by atomic mass is 10.1. The van der Waals surface area contributed by atoms with Crippen LogP contribution in [0.4, 0.5) is 5.69 Å². The van der Waals surface area contributed by atoms with Gasteiger partial charge in [0.2, 0.25) is 0 Å². The molecule has 1 heterocycles. The van der Waals surface area contributed by atoms with Gasteiger partial charge in [0.15, 0.2) is 5.11 Å². The SMILES string of the molecule is CCCOc1ccc(Br)cc1/C=C1/NC(=S)N(c2ccccc2OC)C1=O. The molecule has 0 spiro atoms. The Morgan fingerprint density at radius 2 is 2.00 bits per heavy atom. The van der Waals surface area contributed by atoms with Gasteiger partial charge in [0.05, 0.1) is 19.4 Å². The fourth-order valence-corrected chi connectivity index (χ4v) is 3.37. The molecular formula is C20H19BrN2O3S. The number of carbonyl (C=O) groups excluding carboxylic acids is 1. The van der Waals surface area contributed by atoms with Gasteiger partial charge in [-0.3, -0.25) is 4.79 Å². The zero-order chi connectivity index (χ0) is 19.4. The first-order chi connectivity index (χ1) is 13.0. The van der Waals surface area contributed by atoms with E-state index in [1.54, 1.807) is 25.3 Å². The first kappa shape index (κ1) is 19.4. The largest absolute Gasteiger partial charge is 0.495 e. The number of thiocarbonyl (C=S) groups is 1. The molecule has 7 heteroatoms. The maximum absolute atomic E-state index is 13.0. The quantitative estimate of drug-likeness (QED) is 0.522. The van der Waals surface area contributed by atoms with Crippen molar-refractivity contribution in [3.8, 4) is 11.5 Å². The second-order valence-electron chi connectivity index (χ2n) is 5.83. The van der Waals surface area contributed by atoms with E-state index in [0.717, 1.165) is 16.5 Å². The third-order valence-corrected chi connectivity index (χ3v) is 4.72. The standard InChI is InChI=1S/C20H19BrN2O3S/c1-3-10-26-17-9-8-14(21)11-13(17)12-15-19(24)23(20(27)22-15)16-6-4-5-7-18(16)25-2/h4-9,11-12H,3,10H2,1-2H3,(H,22,27)/b15-12+. The van der Waals surface area contributed by atoms with Gasteiger partial charge in [-0.15, -0.1) is 0 Å². The van der Waals surface area contributed by atoms with E-state index in [2.05, 4.69) is 21.2 Å². The Kier molecular flexibility index (Phi) is 6.13. The molecule has 0 aliphatic carbocycles. The number of methoxy groups -OCH3 is 1. The van der Waals surface area contributed by atoms with E-state index in [4.69, 9.17) is 21.7 Å². The normalized spacial score (nSPS) is 15.2. The van der Waals surface area contributed by atoms with Gasteiger partial charge in [0.25, 0.3) is 5.91 Å². The average Bonchev–Trinajstić information content (AvgIpc) is 2.94. The van der Waals surface area contributed by atoms with Crippen molar-refractivity contribution < 1.29 is 14.3 Å². The fourth-order valence-electron chi connectivity index (χ4n) is 2.70. The van der Waals surface area contributed by atoms with Crippen molar-refractivity contribution in [2.24, 2.45) is 0 Å². The van der Waals surface area contributed by atoms with Crippen molar-refractivity contribution in [2.45, 2.75) is 13.3 Å². The van der Waals surface area contributed by atoms with Crippen molar-refractivity contribution in [3.05, 3.63) is 58.2 Å². The highest BCUT2D eigenvalue weighted by atomic mass is 79.9. The average molecular weight is 447 g/mol. The van der Waals surface area contributed by atoms with E-state index in [1.807, 2.05) is 37.3 Å². The van der Waals surface area contributed by atoms with Crippen LogP contribution in [0.5, 0.6) is 11.5 Å². The minimum Gasteiger partial charge on any atom is -0.495 e. The molecule has 1 saturated heterocycles. The molecule has 3 rings (SSSR count). The predicted molar refractivity (Wildman–Crippen MR) is 114 cm³/mol. The molecule has 0 bridgehead atoms. The molecule has 5 nitrogen and oxygen atoms in total. The Balaban J connectivity index is 1.97. The molecule has 1 aliphatic heterocycles. The highest BCUT2D eigenvalue weighted by Gasteiger charge is 2.33. The van der Waals surface area contributed by atoms with Crippen molar-refractivity contribution in [1.82, 2.24) is 5.32 Å². The number of nitrogens with one attached hydrogen (secondary N) is 1. The van der Waals surface area contributed by atoms with E-state index in [-0.39, 0.29) is 5.91 Å². The second-order valence-corrected chi connectivity index (χ2v) is 7.13. The van der Waals surface area contributed by atoms with Crippen LogP contribution in [-0.2, 0) is 4.79 Å². The molecule has 0 aromatic heterocycles. The lowest BCUT2D eigenvalue weighted by molar-refractivity contribution is -0.113. The molecule has 1 fully saturated rings. The number of ether oxygens (including phenoxy) is 2. The van der Waals surface area contributed by atoms with E-state index >= 15 is 0 Å². The molecular weight excluding hydrogens is 428 g/mol. The highest BCUT2D eigenvalue weighted by molar-refractivity contribution is 9.10. The first-order valence-corrected chi connectivity index (χ1v) is 9.67. The summed E-state index contributed by atoms with van der Waals surface area (Å²) in [6, 6.07) is 12.9. The van der Waals surface area contributed by atoms with Gasteiger partial charge < -0.3 is 14.8 Å². The number of halogens is 1. The Hall–Kier alpha value is -2.38. The predicted octanol–water partition coefficient (Wildman–Crippen LogP) is 4.51. The molecule has 0 unspecified atom stereocenters. The van der Waals surface area contributed by atoms with Crippen molar-refractivity contribution in [2.75, 3.05) is 18.6 Å². The molecule has 0 atom stereocenters. The van der Waals surface area contributed by atoms with Gasteiger partial charge in [-0.2, -0.15) is 0 Å². The summed E-state index contributed by atoms with van der Waals surface area (Å²) < 4.78 is 12.0. The molecule has 0 saturated carbocycles. The zero-order valence-electron chi connectivity index (χ0n) is 15.0. The van der Waals surface area contributed by atoms with Gasteiger partial charge in [-0.05, 0) is 55.0 Å². The fraction of sp³-hybridized carbons (Fsp3) is 0.200. The van der Waals surface area contributed by atoms with Crippen LogP contribution in [0.15, 0.2) is 52.6 Å². The Labute approximate surface area is 172 Å². The van der Waals surface area contributed by atoms with Crippen LogP contribution in [0.2, 0.25) is 0 Å². The Morgan fingerprint density at radius 1 is 1.22 bits per heavy atom. The lowest BCUT2D eigenvalue weighted by Crippen LogP contribution is -2.30. The highest BCUT2D eigenvalue weighted by Crippen LogP contribution is 2.32. The molecule has 2 aromatic rings. The van der Waals surface area contributed by atoms with Crippen molar-refractivity contribution in [3.63, 3.8) is 0 Å². The van der Waals surface area contributed by atoms with E-state index < -0.39 is 0 Å². The molecule has 0 radical (unpaired) electrons. The molecule has 1 aliphatic rings. The summed E-state index contributed by atoms with van der Waals surface area (Å²) in [5.41, 5.74) is 1.77. The molecule has 1 amide bonds.